The van der Waals surface area contributed by atoms with Crippen LogP contribution in [0, 0.1) is 11.8 Å². The Balaban J connectivity index is 2.13. The first kappa shape index (κ1) is 11.4. The van der Waals surface area contributed by atoms with E-state index in [1.807, 2.05) is 0 Å². The number of likely N-dealkylation sites (tertiary alicyclic amines) is 1. The highest BCUT2D eigenvalue weighted by atomic mass is 15.2. The molecule has 1 saturated carbocycles. The lowest BCUT2D eigenvalue weighted by atomic mass is 9.69. The van der Waals surface area contributed by atoms with Crippen LogP contribution in [0.25, 0.3) is 0 Å². The van der Waals surface area contributed by atoms with Gasteiger partial charge >= 0.3 is 0 Å². The third-order valence-electron chi connectivity index (χ3n) is 5.18. The first-order valence-electron chi connectivity index (χ1n) is 6.61. The van der Waals surface area contributed by atoms with Crippen molar-refractivity contribution in [2.24, 2.45) is 17.6 Å². The molecular weight excluding hydrogens is 184 g/mol. The van der Waals surface area contributed by atoms with Crippen LogP contribution in [0.5, 0.6) is 0 Å². The van der Waals surface area contributed by atoms with Crippen molar-refractivity contribution in [3.05, 3.63) is 0 Å². The molecule has 1 aliphatic carbocycles. The van der Waals surface area contributed by atoms with Crippen molar-refractivity contribution >= 4 is 0 Å². The lowest BCUT2D eigenvalue weighted by Gasteiger charge is -2.45. The number of rotatable bonds is 2. The number of nitrogens with zero attached hydrogens (tertiary/aromatic N) is 1. The van der Waals surface area contributed by atoms with Gasteiger partial charge in [-0.2, -0.15) is 0 Å². The van der Waals surface area contributed by atoms with Crippen LogP contribution in [-0.4, -0.2) is 30.6 Å². The van der Waals surface area contributed by atoms with Gasteiger partial charge in [0, 0.05) is 5.54 Å². The molecule has 2 nitrogen and oxygen atoms in total. The molecule has 1 heterocycles. The van der Waals surface area contributed by atoms with Crippen LogP contribution in [-0.2, 0) is 0 Å². The summed E-state index contributed by atoms with van der Waals surface area (Å²) in [6, 6.07) is 0. The number of hydrogen-bond donors (Lipinski definition) is 1. The summed E-state index contributed by atoms with van der Waals surface area (Å²) in [6.07, 6.45) is 8.48. The summed E-state index contributed by atoms with van der Waals surface area (Å²) in [5.74, 6) is 1.62. The van der Waals surface area contributed by atoms with Crippen LogP contribution >= 0.6 is 0 Å². The molecule has 2 aliphatic rings. The van der Waals surface area contributed by atoms with Crippen LogP contribution in [0.4, 0.5) is 0 Å². The minimum absolute atomic E-state index is 0.398. The SMILES string of the molecule is CN1CCC(CN)C1(C)C1CCCCC1. The molecule has 2 unspecified atom stereocenters. The highest BCUT2D eigenvalue weighted by molar-refractivity contribution is 5.02. The van der Waals surface area contributed by atoms with Crippen molar-refractivity contribution < 1.29 is 0 Å². The molecule has 0 spiro atoms. The Morgan fingerprint density at radius 3 is 2.47 bits per heavy atom. The topological polar surface area (TPSA) is 29.3 Å². The molecule has 0 aromatic heterocycles. The molecule has 88 valence electrons. The van der Waals surface area contributed by atoms with Crippen molar-refractivity contribution in [1.29, 1.82) is 0 Å². The smallest absolute Gasteiger partial charge is 0.0247 e. The monoisotopic (exact) mass is 210 g/mol. The zero-order chi connectivity index (χ0) is 10.9. The average molecular weight is 210 g/mol. The second kappa shape index (κ2) is 4.42. The maximum absolute atomic E-state index is 5.95. The molecule has 15 heavy (non-hydrogen) atoms. The second-order valence-corrected chi connectivity index (χ2v) is 5.70. The predicted octanol–water partition coefficient (Wildman–Crippen LogP) is 2.24. The van der Waals surface area contributed by atoms with Gasteiger partial charge in [-0.1, -0.05) is 19.3 Å². The van der Waals surface area contributed by atoms with E-state index in [2.05, 4.69) is 18.9 Å². The van der Waals surface area contributed by atoms with E-state index in [9.17, 15) is 0 Å². The first-order chi connectivity index (χ1) is 7.19. The van der Waals surface area contributed by atoms with Gasteiger partial charge in [-0.3, -0.25) is 0 Å². The van der Waals surface area contributed by atoms with Gasteiger partial charge in [0.25, 0.3) is 0 Å². The van der Waals surface area contributed by atoms with Gasteiger partial charge in [0.1, 0.15) is 0 Å². The van der Waals surface area contributed by atoms with Crippen molar-refractivity contribution in [2.45, 2.75) is 51.0 Å². The van der Waals surface area contributed by atoms with Gasteiger partial charge in [0.15, 0.2) is 0 Å². The third-order valence-corrected chi connectivity index (χ3v) is 5.18. The lowest BCUT2D eigenvalue weighted by Crippen LogP contribution is -2.51. The molecule has 0 bridgehead atoms. The fourth-order valence-corrected chi connectivity index (χ4v) is 3.88. The Kier molecular flexibility index (Phi) is 3.36. The summed E-state index contributed by atoms with van der Waals surface area (Å²) in [5.41, 5.74) is 6.35. The fourth-order valence-electron chi connectivity index (χ4n) is 3.88. The quantitative estimate of drug-likeness (QED) is 0.757. The van der Waals surface area contributed by atoms with Gasteiger partial charge in [-0.05, 0) is 58.2 Å². The van der Waals surface area contributed by atoms with Gasteiger partial charge in [-0.15, -0.1) is 0 Å². The minimum atomic E-state index is 0.398. The third kappa shape index (κ3) is 1.83. The van der Waals surface area contributed by atoms with Crippen molar-refractivity contribution in [1.82, 2.24) is 4.90 Å². The van der Waals surface area contributed by atoms with E-state index in [0.717, 1.165) is 18.4 Å². The molecule has 2 atom stereocenters. The van der Waals surface area contributed by atoms with Gasteiger partial charge in [0.05, 0.1) is 0 Å². The largest absolute Gasteiger partial charge is 0.330 e. The van der Waals surface area contributed by atoms with Gasteiger partial charge in [0.2, 0.25) is 0 Å². The molecule has 1 saturated heterocycles. The summed E-state index contributed by atoms with van der Waals surface area (Å²) < 4.78 is 0. The van der Waals surface area contributed by atoms with Crippen LogP contribution in [0.15, 0.2) is 0 Å². The Labute approximate surface area is 94.2 Å². The Morgan fingerprint density at radius 2 is 1.87 bits per heavy atom. The molecule has 2 fully saturated rings. The molecule has 0 radical (unpaired) electrons. The number of hydrogen-bond acceptors (Lipinski definition) is 2. The van der Waals surface area contributed by atoms with E-state index >= 15 is 0 Å². The summed E-state index contributed by atoms with van der Waals surface area (Å²) >= 11 is 0. The standard InChI is InChI=1S/C13H26N2/c1-13(11-6-4-3-5-7-11)12(10-14)8-9-15(13)2/h11-12H,3-10,14H2,1-2H3. The van der Waals surface area contributed by atoms with E-state index in [-0.39, 0.29) is 0 Å². The highest BCUT2D eigenvalue weighted by Crippen LogP contribution is 2.44. The second-order valence-electron chi connectivity index (χ2n) is 5.70. The maximum Gasteiger partial charge on any atom is 0.0247 e. The summed E-state index contributed by atoms with van der Waals surface area (Å²) in [5, 5.41) is 0. The van der Waals surface area contributed by atoms with Crippen LogP contribution in [0.1, 0.15) is 45.4 Å². The molecule has 0 amide bonds. The first-order valence-corrected chi connectivity index (χ1v) is 6.61. The Morgan fingerprint density at radius 1 is 1.20 bits per heavy atom. The Hall–Kier alpha value is -0.0800. The van der Waals surface area contributed by atoms with Crippen molar-refractivity contribution in [2.75, 3.05) is 20.1 Å². The average Bonchev–Trinajstić information content (AvgIpc) is 2.58. The van der Waals surface area contributed by atoms with Crippen LogP contribution in [0.2, 0.25) is 0 Å². The maximum atomic E-state index is 5.95. The molecule has 0 aromatic carbocycles. The van der Waals surface area contributed by atoms with E-state index < -0.39 is 0 Å². The predicted molar refractivity (Wildman–Crippen MR) is 64.8 cm³/mol. The van der Waals surface area contributed by atoms with Gasteiger partial charge < -0.3 is 10.6 Å². The summed E-state index contributed by atoms with van der Waals surface area (Å²) in [4.78, 5) is 2.58. The minimum Gasteiger partial charge on any atom is -0.330 e. The van der Waals surface area contributed by atoms with Crippen LogP contribution in [0.3, 0.4) is 0 Å². The van der Waals surface area contributed by atoms with E-state index in [1.54, 1.807) is 0 Å². The molecule has 2 heteroatoms. The molecule has 2 N–H and O–H groups in total. The van der Waals surface area contributed by atoms with E-state index in [1.165, 1.54) is 45.1 Å². The van der Waals surface area contributed by atoms with E-state index in [4.69, 9.17) is 5.73 Å². The summed E-state index contributed by atoms with van der Waals surface area (Å²) in [7, 11) is 2.30. The van der Waals surface area contributed by atoms with Crippen molar-refractivity contribution in [3.63, 3.8) is 0 Å². The highest BCUT2D eigenvalue weighted by Gasteiger charge is 2.47. The normalized spacial score (nSPS) is 39.8. The van der Waals surface area contributed by atoms with Crippen LogP contribution < -0.4 is 5.73 Å². The van der Waals surface area contributed by atoms with Crippen molar-refractivity contribution in [3.8, 4) is 0 Å². The van der Waals surface area contributed by atoms with Gasteiger partial charge in [-0.25, -0.2) is 0 Å². The fraction of sp³-hybridized carbons (Fsp3) is 1.00. The molecule has 1 aliphatic heterocycles. The molecule has 2 rings (SSSR count). The molecule has 0 aromatic rings. The summed E-state index contributed by atoms with van der Waals surface area (Å²) in [6.45, 7) is 4.58. The zero-order valence-corrected chi connectivity index (χ0v) is 10.3. The Bertz CT molecular complexity index is 211. The number of nitrogens with two attached hydrogens (primary N) is 1. The lowest BCUT2D eigenvalue weighted by molar-refractivity contribution is 0.0554. The zero-order valence-electron chi connectivity index (χ0n) is 10.3. The molecular formula is C13H26N2. The van der Waals surface area contributed by atoms with E-state index in [0.29, 0.717) is 5.54 Å².